The van der Waals surface area contributed by atoms with Gasteiger partial charge in [-0.15, -0.1) is 0 Å². The van der Waals surface area contributed by atoms with Gasteiger partial charge < -0.3 is 10.2 Å². The molecule has 110 valence electrons. The minimum Gasteiger partial charge on any atom is -0.369 e. The van der Waals surface area contributed by atoms with Crippen molar-refractivity contribution >= 4 is 11.6 Å². The maximum atomic E-state index is 11.7. The summed E-state index contributed by atoms with van der Waals surface area (Å²) in [6.07, 6.45) is 0. The minimum absolute atomic E-state index is 0.129. The van der Waals surface area contributed by atoms with E-state index in [1.165, 1.54) is 11.3 Å². The van der Waals surface area contributed by atoms with Crippen LogP contribution in [0.5, 0.6) is 0 Å². The summed E-state index contributed by atoms with van der Waals surface area (Å²) >= 11 is 0. The van der Waals surface area contributed by atoms with E-state index in [0.29, 0.717) is 6.54 Å². The van der Waals surface area contributed by atoms with Crippen LogP contribution >= 0.6 is 0 Å². The molecule has 1 aliphatic heterocycles. The van der Waals surface area contributed by atoms with E-state index in [-0.39, 0.29) is 11.9 Å². The number of anilines is 1. The van der Waals surface area contributed by atoms with Crippen LogP contribution in [0.4, 0.5) is 5.69 Å². The fourth-order valence-electron chi connectivity index (χ4n) is 2.49. The molecule has 2 rings (SSSR count). The number of nitrogens with one attached hydrogen (secondary N) is 1. The van der Waals surface area contributed by atoms with E-state index in [4.69, 9.17) is 0 Å². The van der Waals surface area contributed by atoms with Gasteiger partial charge >= 0.3 is 0 Å². The molecular formula is C16H25N3O. The Morgan fingerprint density at radius 2 is 1.75 bits per heavy atom. The molecule has 1 aromatic rings. The van der Waals surface area contributed by atoms with E-state index in [1.54, 1.807) is 0 Å². The van der Waals surface area contributed by atoms with Crippen LogP contribution in [0, 0.1) is 6.92 Å². The molecule has 1 heterocycles. The number of aryl methyl sites for hydroxylation is 1. The average Bonchev–Trinajstić information content (AvgIpc) is 2.39. The second-order valence-corrected chi connectivity index (χ2v) is 5.82. The molecule has 1 fully saturated rings. The van der Waals surface area contributed by atoms with Gasteiger partial charge in [-0.1, -0.05) is 17.7 Å². The number of nitrogens with zero attached hydrogens (tertiary/aromatic N) is 2. The fourth-order valence-corrected chi connectivity index (χ4v) is 2.49. The normalized spacial score (nSPS) is 16.5. The van der Waals surface area contributed by atoms with E-state index in [0.717, 1.165) is 26.2 Å². The maximum Gasteiger partial charge on any atom is 0.234 e. The van der Waals surface area contributed by atoms with Crippen molar-refractivity contribution in [1.82, 2.24) is 10.2 Å². The van der Waals surface area contributed by atoms with Crippen LogP contribution in [0.15, 0.2) is 24.3 Å². The highest BCUT2D eigenvalue weighted by Gasteiger charge is 2.19. The SMILES string of the molecule is Cc1ccc(N2CCN(CC(=O)NC(C)C)CC2)cc1. The number of carbonyl (C=O) groups is 1. The third-order valence-corrected chi connectivity index (χ3v) is 3.59. The molecule has 1 aliphatic rings. The Morgan fingerprint density at radius 1 is 1.15 bits per heavy atom. The monoisotopic (exact) mass is 275 g/mol. The number of rotatable bonds is 4. The van der Waals surface area contributed by atoms with E-state index in [9.17, 15) is 4.79 Å². The minimum atomic E-state index is 0.129. The van der Waals surface area contributed by atoms with Gasteiger partial charge in [0.1, 0.15) is 0 Å². The van der Waals surface area contributed by atoms with Crippen LogP contribution < -0.4 is 10.2 Å². The van der Waals surface area contributed by atoms with Gasteiger partial charge in [-0.25, -0.2) is 0 Å². The van der Waals surface area contributed by atoms with Crippen molar-refractivity contribution < 1.29 is 4.79 Å². The van der Waals surface area contributed by atoms with Gasteiger partial charge in [0.25, 0.3) is 0 Å². The fraction of sp³-hybridized carbons (Fsp3) is 0.562. The van der Waals surface area contributed by atoms with Crippen molar-refractivity contribution in [2.75, 3.05) is 37.6 Å². The third-order valence-electron chi connectivity index (χ3n) is 3.59. The van der Waals surface area contributed by atoms with E-state index in [2.05, 4.69) is 46.3 Å². The molecule has 0 aromatic heterocycles. The van der Waals surface area contributed by atoms with Crippen LogP contribution in [-0.4, -0.2) is 49.6 Å². The molecule has 0 saturated carbocycles. The Hall–Kier alpha value is -1.55. The quantitative estimate of drug-likeness (QED) is 0.907. The zero-order valence-electron chi connectivity index (χ0n) is 12.7. The largest absolute Gasteiger partial charge is 0.369 e. The number of piperazine rings is 1. The summed E-state index contributed by atoms with van der Waals surface area (Å²) in [6.45, 7) is 10.5. The van der Waals surface area contributed by atoms with Gasteiger partial charge in [0.05, 0.1) is 6.54 Å². The number of benzene rings is 1. The van der Waals surface area contributed by atoms with Crippen LogP contribution in [0.1, 0.15) is 19.4 Å². The molecule has 1 N–H and O–H groups in total. The predicted molar refractivity (Wildman–Crippen MR) is 83.1 cm³/mol. The standard InChI is InChI=1S/C16H25N3O/c1-13(2)17-16(20)12-18-8-10-19(11-9-18)15-6-4-14(3)5-7-15/h4-7,13H,8-12H2,1-3H3,(H,17,20). The molecule has 0 aliphatic carbocycles. The molecule has 20 heavy (non-hydrogen) atoms. The van der Waals surface area contributed by atoms with Gasteiger partial charge in [-0.05, 0) is 32.9 Å². The summed E-state index contributed by atoms with van der Waals surface area (Å²) in [5, 5.41) is 2.94. The van der Waals surface area contributed by atoms with E-state index < -0.39 is 0 Å². The summed E-state index contributed by atoms with van der Waals surface area (Å²) in [5.41, 5.74) is 2.57. The van der Waals surface area contributed by atoms with Gasteiger partial charge in [-0.3, -0.25) is 9.69 Å². The Balaban J connectivity index is 1.80. The molecule has 0 unspecified atom stereocenters. The van der Waals surface area contributed by atoms with E-state index in [1.807, 2.05) is 13.8 Å². The topological polar surface area (TPSA) is 35.6 Å². The highest BCUT2D eigenvalue weighted by molar-refractivity contribution is 5.78. The molecule has 4 heteroatoms. The molecule has 4 nitrogen and oxygen atoms in total. The van der Waals surface area contributed by atoms with Crippen molar-refractivity contribution in [3.63, 3.8) is 0 Å². The summed E-state index contributed by atoms with van der Waals surface area (Å²) in [6, 6.07) is 8.87. The van der Waals surface area contributed by atoms with Crippen molar-refractivity contribution in [1.29, 1.82) is 0 Å². The first-order chi connectivity index (χ1) is 9.54. The Morgan fingerprint density at radius 3 is 2.30 bits per heavy atom. The smallest absolute Gasteiger partial charge is 0.234 e. The molecular weight excluding hydrogens is 250 g/mol. The molecule has 0 radical (unpaired) electrons. The summed E-state index contributed by atoms with van der Waals surface area (Å²) in [5.74, 6) is 0.129. The molecule has 1 saturated heterocycles. The summed E-state index contributed by atoms with van der Waals surface area (Å²) < 4.78 is 0. The lowest BCUT2D eigenvalue weighted by Gasteiger charge is -2.35. The number of hydrogen-bond donors (Lipinski definition) is 1. The second kappa shape index (κ2) is 6.75. The first-order valence-corrected chi connectivity index (χ1v) is 7.38. The molecule has 0 bridgehead atoms. The zero-order chi connectivity index (χ0) is 14.5. The first-order valence-electron chi connectivity index (χ1n) is 7.38. The van der Waals surface area contributed by atoms with Crippen LogP contribution in [0.3, 0.4) is 0 Å². The predicted octanol–water partition coefficient (Wildman–Crippen LogP) is 1.64. The number of amides is 1. The van der Waals surface area contributed by atoms with Crippen molar-refractivity contribution in [3.05, 3.63) is 29.8 Å². The molecule has 0 spiro atoms. The highest BCUT2D eigenvalue weighted by atomic mass is 16.2. The number of hydrogen-bond acceptors (Lipinski definition) is 3. The lowest BCUT2D eigenvalue weighted by Crippen LogP contribution is -2.50. The van der Waals surface area contributed by atoms with Gasteiger partial charge in [0, 0.05) is 37.9 Å². The Kier molecular flexibility index (Phi) is 5.01. The van der Waals surface area contributed by atoms with Crippen LogP contribution in [-0.2, 0) is 4.79 Å². The van der Waals surface area contributed by atoms with Crippen LogP contribution in [0.25, 0.3) is 0 Å². The lowest BCUT2D eigenvalue weighted by molar-refractivity contribution is -0.122. The Bertz CT molecular complexity index is 434. The number of carbonyl (C=O) groups excluding carboxylic acids is 1. The first kappa shape index (κ1) is 14.9. The van der Waals surface area contributed by atoms with Crippen molar-refractivity contribution in [2.24, 2.45) is 0 Å². The summed E-state index contributed by atoms with van der Waals surface area (Å²) in [4.78, 5) is 16.4. The average molecular weight is 275 g/mol. The third kappa shape index (κ3) is 4.23. The van der Waals surface area contributed by atoms with Gasteiger partial charge in [0.2, 0.25) is 5.91 Å². The zero-order valence-corrected chi connectivity index (χ0v) is 12.7. The van der Waals surface area contributed by atoms with Crippen LogP contribution in [0.2, 0.25) is 0 Å². The highest BCUT2D eigenvalue weighted by Crippen LogP contribution is 2.16. The summed E-state index contributed by atoms with van der Waals surface area (Å²) in [7, 11) is 0. The van der Waals surface area contributed by atoms with Crippen molar-refractivity contribution in [2.45, 2.75) is 26.8 Å². The second-order valence-electron chi connectivity index (χ2n) is 5.82. The molecule has 1 amide bonds. The molecule has 1 aromatic carbocycles. The Labute approximate surface area is 121 Å². The molecule has 0 atom stereocenters. The van der Waals surface area contributed by atoms with E-state index >= 15 is 0 Å². The van der Waals surface area contributed by atoms with Gasteiger partial charge in [-0.2, -0.15) is 0 Å². The van der Waals surface area contributed by atoms with Gasteiger partial charge in [0.15, 0.2) is 0 Å². The maximum absolute atomic E-state index is 11.7. The van der Waals surface area contributed by atoms with Crippen molar-refractivity contribution in [3.8, 4) is 0 Å². The lowest BCUT2D eigenvalue weighted by atomic mass is 10.2.